The largest absolute Gasteiger partial charge is 0.394 e. The number of hydrogen-bond acceptors (Lipinski definition) is 8. The minimum absolute atomic E-state index is 0.00418. The lowest BCUT2D eigenvalue weighted by Gasteiger charge is -2.06. The minimum Gasteiger partial charge on any atom is -0.394 e. The van der Waals surface area contributed by atoms with E-state index in [0.29, 0.717) is 43.5 Å². The molecule has 0 aliphatic heterocycles. The Morgan fingerprint density at radius 3 is 2.83 bits per heavy atom. The first-order chi connectivity index (χ1) is 11.0. The molecule has 2 aromatic rings. The van der Waals surface area contributed by atoms with Gasteiger partial charge < -0.3 is 15.2 Å². The van der Waals surface area contributed by atoms with Crippen molar-refractivity contribution in [2.24, 2.45) is 0 Å². The van der Waals surface area contributed by atoms with Crippen LogP contribution in [0.5, 0.6) is 0 Å². The molecule has 128 valence electrons. The lowest BCUT2D eigenvalue weighted by atomic mass is 10.4. The van der Waals surface area contributed by atoms with Gasteiger partial charge in [-0.3, -0.25) is 0 Å². The molecule has 3 N–H and O–H groups in total. The van der Waals surface area contributed by atoms with Gasteiger partial charge in [0.05, 0.1) is 26.1 Å². The van der Waals surface area contributed by atoms with Gasteiger partial charge in [0, 0.05) is 19.5 Å². The molecular formula is C12H20N6O4S. The summed E-state index contributed by atoms with van der Waals surface area (Å²) in [5, 5.41) is 24.1. The van der Waals surface area contributed by atoms with Gasteiger partial charge >= 0.3 is 0 Å². The molecule has 0 bridgehead atoms. The van der Waals surface area contributed by atoms with E-state index in [9.17, 15) is 8.42 Å². The Hall–Kier alpha value is -1.82. The number of nitrogens with zero attached hydrogens (tertiary/aromatic N) is 4. The molecule has 0 aliphatic carbocycles. The summed E-state index contributed by atoms with van der Waals surface area (Å²) in [6.07, 6.45) is 1.48. The normalized spacial score (nSPS) is 11.9. The Morgan fingerprint density at radius 2 is 2.09 bits per heavy atom. The number of sulfonamides is 1. The summed E-state index contributed by atoms with van der Waals surface area (Å²) in [5.41, 5.74) is 0.585. The molecule has 0 radical (unpaired) electrons. The van der Waals surface area contributed by atoms with Gasteiger partial charge in [-0.05, 0) is 12.1 Å². The maximum Gasteiger partial charge on any atom is 0.208 e. The van der Waals surface area contributed by atoms with Crippen molar-refractivity contribution in [3.8, 4) is 0 Å². The number of nitrogens with one attached hydrogen (secondary N) is 2. The molecule has 0 aromatic carbocycles. The summed E-state index contributed by atoms with van der Waals surface area (Å²) in [6.45, 7) is 1.53. The number of hydrogen-bond donors (Lipinski definition) is 3. The zero-order chi connectivity index (χ0) is 16.7. The van der Waals surface area contributed by atoms with E-state index in [1.54, 1.807) is 16.6 Å². The van der Waals surface area contributed by atoms with Crippen LogP contribution in [0.4, 0.5) is 5.82 Å². The lowest BCUT2D eigenvalue weighted by Crippen LogP contribution is -2.25. The highest BCUT2D eigenvalue weighted by Gasteiger charge is 2.09. The number of rotatable bonds is 10. The first-order valence-corrected chi connectivity index (χ1v) is 8.97. The lowest BCUT2D eigenvalue weighted by molar-refractivity contribution is 0.0992. The first-order valence-electron chi connectivity index (χ1n) is 7.08. The minimum atomic E-state index is -3.23. The van der Waals surface area contributed by atoms with Gasteiger partial charge in [-0.1, -0.05) is 0 Å². The molecule has 0 unspecified atom stereocenters. The van der Waals surface area contributed by atoms with Gasteiger partial charge in [0.15, 0.2) is 11.5 Å². The molecule has 0 fully saturated rings. The zero-order valence-corrected chi connectivity index (χ0v) is 13.6. The fourth-order valence-corrected chi connectivity index (χ4v) is 2.32. The topological polar surface area (TPSA) is 131 Å². The van der Waals surface area contributed by atoms with Crippen molar-refractivity contribution < 1.29 is 18.3 Å². The third-order valence-corrected chi connectivity index (χ3v) is 3.56. The highest BCUT2D eigenvalue weighted by Crippen LogP contribution is 2.07. The van der Waals surface area contributed by atoms with Gasteiger partial charge in [0.25, 0.3) is 0 Å². The summed E-state index contributed by atoms with van der Waals surface area (Å²) >= 11 is 0. The van der Waals surface area contributed by atoms with Crippen LogP contribution in [0.1, 0.15) is 5.82 Å². The van der Waals surface area contributed by atoms with E-state index in [0.717, 1.165) is 6.26 Å². The SMILES string of the molecule is CS(=O)(=O)NCCc1nnc2ccc(NCCOCCO)nn12. The first kappa shape index (κ1) is 17.5. The summed E-state index contributed by atoms with van der Waals surface area (Å²) in [5.74, 6) is 1.19. The maximum atomic E-state index is 11.1. The molecule has 2 rings (SSSR count). The fourth-order valence-electron chi connectivity index (χ4n) is 1.85. The van der Waals surface area contributed by atoms with E-state index in [1.807, 2.05) is 0 Å². The Kier molecular flexibility index (Phi) is 6.21. The van der Waals surface area contributed by atoms with Crippen LogP contribution in [0.15, 0.2) is 12.1 Å². The Labute approximate surface area is 133 Å². The summed E-state index contributed by atoms with van der Waals surface area (Å²) in [7, 11) is -3.23. The van der Waals surface area contributed by atoms with Gasteiger partial charge in [0.1, 0.15) is 5.82 Å². The second-order valence-electron chi connectivity index (χ2n) is 4.78. The summed E-state index contributed by atoms with van der Waals surface area (Å²) < 4.78 is 31.3. The van der Waals surface area contributed by atoms with Gasteiger partial charge in [0.2, 0.25) is 10.0 Å². The Balaban J connectivity index is 1.96. The molecule has 23 heavy (non-hydrogen) atoms. The average molecular weight is 344 g/mol. The molecule has 2 aromatic heterocycles. The summed E-state index contributed by atoms with van der Waals surface area (Å²) in [6, 6.07) is 3.54. The Morgan fingerprint density at radius 1 is 1.26 bits per heavy atom. The van der Waals surface area contributed by atoms with Crippen LogP contribution in [-0.2, 0) is 21.2 Å². The van der Waals surface area contributed by atoms with Crippen molar-refractivity contribution >= 4 is 21.5 Å². The van der Waals surface area contributed by atoms with E-state index < -0.39 is 10.0 Å². The number of fused-ring (bicyclic) bond motifs is 1. The van der Waals surface area contributed by atoms with Crippen molar-refractivity contribution in [2.45, 2.75) is 6.42 Å². The summed E-state index contributed by atoms with van der Waals surface area (Å²) in [4.78, 5) is 0. The third kappa shape index (κ3) is 5.71. The van der Waals surface area contributed by atoms with E-state index in [4.69, 9.17) is 9.84 Å². The predicted molar refractivity (Wildman–Crippen MR) is 83.7 cm³/mol. The molecule has 0 saturated heterocycles. The van der Waals surface area contributed by atoms with E-state index in [2.05, 4.69) is 25.3 Å². The molecular weight excluding hydrogens is 324 g/mol. The van der Waals surface area contributed by atoms with Crippen molar-refractivity contribution in [3.05, 3.63) is 18.0 Å². The predicted octanol–water partition coefficient (Wildman–Crippen LogP) is -1.36. The fraction of sp³-hybridized carbons (Fsp3) is 0.583. The molecule has 0 aliphatic rings. The van der Waals surface area contributed by atoms with Crippen LogP contribution in [0, 0.1) is 0 Å². The molecule has 0 saturated carbocycles. The maximum absolute atomic E-state index is 11.1. The molecule has 11 heteroatoms. The quantitative estimate of drug-likeness (QED) is 0.450. The highest BCUT2D eigenvalue weighted by atomic mass is 32.2. The number of aliphatic hydroxyl groups is 1. The number of ether oxygens (including phenoxy) is 1. The monoisotopic (exact) mass is 344 g/mol. The van der Waals surface area contributed by atoms with Crippen molar-refractivity contribution in [3.63, 3.8) is 0 Å². The van der Waals surface area contributed by atoms with Crippen LogP contribution in [0.3, 0.4) is 0 Å². The second-order valence-corrected chi connectivity index (χ2v) is 6.62. The van der Waals surface area contributed by atoms with Crippen molar-refractivity contribution in [1.82, 2.24) is 24.5 Å². The van der Waals surface area contributed by atoms with Gasteiger partial charge in [-0.25, -0.2) is 13.1 Å². The molecule has 0 spiro atoms. The zero-order valence-electron chi connectivity index (χ0n) is 12.8. The van der Waals surface area contributed by atoms with Crippen molar-refractivity contribution in [2.75, 3.05) is 44.5 Å². The molecule has 2 heterocycles. The average Bonchev–Trinajstić information content (AvgIpc) is 2.88. The van der Waals surface area contributed by atoms with Crippen LogP contribution < -0.4 is 10.0 Å². The molecule has 0 atom stereocenters. The molecule has 10 nitrogen and oxygen atoms in total. The van der Waals surface area contributed by atoms with Crippen LogP contribution in [0.25, 0.3) is 5.65 Å². The van der Waals surface area contributed by atoms with Gasteiger partial charge in [-0.15, -0.1) is 15.3 Å². The second kappa shape index (κ2) is 8.15. The molecule has 0 amide bonds. The van der Waals surface area contributed by atoms with Crippen LogP contribution >= 0.6 is 0 Å². The van der Waals surface area contributed by atoms with E-state index in [-0.39, 0.29) is 13.2 Å². The number of aliphatic hydroxyl groups excluding tert-OH is 1. The van der Waals surface area contributed by atoms with Crippen molar-refractivity contribution in [1.29, 1.82) is 0 Å². The van der Waals surface area contributed by atoms with Gasteiger partial charge in [-0.2, -0.15) is 4.52 Å². The number of aromatic nitrogens is 4. The van der Waals surface area contributed by atoms with E-state index in [1.165, 1.54) is 0 Å². The highest BCUT2D eigenvalue weighted by molar-refractivity contribution is 7.88. The van der Waals surface area contributed by atoms with Crippen LogP contribution in [-0.4, -0.2) is 72.5 Å². The third-order valence-electron chi connectivity index (χ3n) is 2.83. The smallest absolute Gasteiger partial charge is 0.208 e. The van der Waals surface area contributed by atoms with E-state index >= 15 is 0 Å². The standard InChI is InChI=1S/C12H20N6O4S/c1-23(20,21)14-5-4-12-16-15-11-3-2-10(17-18(11)12)13-6-8-22-9-7-19/h2-3,14,19H,4-9H2,1H3,(H,13,17). The number of anilines is 1. The van der Waals surface area contributed by atoms with Crippen LogP contribution in [0.2, 0.25) is 0 Å². The Bertz CT molecular complexity index is 732.